The molecule has 1 aromatic heterocycles. The third kappa shape index (κ3) is 1.05. The largest absolute Gasteiger partial charge is 0.253 e. The highest BCUT2D eigenvalue weighted by Crippen LogP contribution is 1.82. The minimum absolute atomic E-state index is 0.972. The zero-order valence-electron chi connectivity index (χ0n) is 4.91. The molecular formula is C5H9N3. The summed E-state index contributed by atoms with van der Waals surface area (Å²) in [4.78, 5) is 3.79. The number of hydrogen-bond acceptors (Lipinski definition) is 2. The van der Waals surface area contributed by atoms with Gasteiger partial charge in [-0.25, -0.2) is 4.98 Å². The minimum atomic E-state index is 0.972. The first-order valence-electron chi connectivity index (χ1n) is 2.76. The van der Waals surface area contributed by atoms with E-state index < -0.39 is 0 Å². The Morgan fingerprint density at radius 1 is 1.62 bits per heavy atom. The summed E-state index contributed by atoms with van der Waals surface area (Å²) in [5.74, 6) is 0. The fourth-order valence-corrected chi connectivity index (χ4v) is 0.577. The van der Waals surface area contributed by atoms with E-state index in [0.717, 1.165) is 13.0 Å². The minimum Gasteiger partial charge on any atom is -0.253 e. The van der Waals surface area contributed by atoms with E-state index in [9.17, 15) is 0 Å². The second kappa shape index (κ2) is 2.45. The van der Waals surface area contributed by atoms with Crippen LogP contribution in [-0.4, -0.2) is 14.8 Å². The van der Waals surface area contributed by atoms with Gasteiger partial charge < -0.3 is 0 Å². The Kier molecular flexibility index (Phi) is 1.62. The maximum absolute atomic E-state index is 3.91. The van der Waals surface area contributed by atoms with Crippen LogP contribution in [0, 0.1) is 0 Å². The first kappa shape index (κ1) is 5.28. The molecule has 1 rings (SSSR count). The summed E-state index contributed by atoms with van der Waals surface area (Å²) in [7, 11) is 0. The number of hydrogen-bond donors (Lipinski definition) is 0. The fraction of sp³-hybridized carbons (Fsp3) is 0.600. The molecule has 0 saturated heterocycles. The van der Waals surface area contributed by atoms with E-state index in [1.54, 1.807) is 12.7 Å². The maximum atomic E-state index is 3.91. The summed E-state index contributed by atoms with van der Waals surface area (Å²) in [6.45, 7) is 3.08. The van der Waals surface area contributed by atoms with E-state index >= 15 is 0 Å². The van der Waals surface area contributed by atoms with Crippen molar-refractivity contribution in [3.05, 3.63) is 12.7 Å². The Bertz CT molecular complexity index is 133. The molecule has 0 saturated carbocycles. The molecule has 0 atom stereocenters. The molecular weight excluding hydrogens is 102 g/mol. The van der Waals surface area contributed by atoms with Crippen LogP contribution in [0.2, 0.25) is 0 Å². The normalized spacial score (nSPS) is 9.62. The highest BCUT2D eigenvalue weighted by atomic mass is 15.3. The Morgan fingerprint density at radius 2 is 2.50 bits per heavy atom. The van der Waals surface area contributed by atoms with Crippen LogP contribution in [0.5, 0.6) is 0 Å². The number of nitrogens with zero attached hydrogens (tertiary/aromatic N) is 3. The van der Waals surface area contributed by atoms with Gasteiger partial charge in [0.1, 0.15) is 12.7 Å². The smallest absolute Gasteiger partial charge is 0.137 e. The summed E-state index contributed by atoms with van der Waals surface area (Å²) in [6.07, 6.45) is 4.39. The molecule has 0 aromatic carbocycles. The summed E-state index contributed by atoms with van der Waals surface area (Å²) < 4.78 is 1.82. The van der Waals surface area contributed by atoms with E-state index in [4.69, 9.17) is 0 Å². The topological polar surface area (TPSA) is 30.7 Å². The molecule has 0 fully saturated rings. The van der Waals surface area contributed by atoms with Crippen LogP contribution in [0.4, 0.5) is 0 Å². The highest BCUT2D eigenvalue weighted by Gasteiger charge is 1.83. The Labute approximate surface area is 48.4 Å². The van der Waals surface area contributed by atoms with Gasteiger partial charge in [-0.15, -0.1) is 0 Å². The average Bonchev–Trinajstić information content (AvgIpc) is 2.19. The molecule has 0 bridgehead atoms. The van der Waals surface area contributed by atoms with Crippen molar-refractivity contribution >= 4 is 0 Å². The van der Waals surface area contributed by atoms with Gasteiger partial charge in [-0.1, -0.05) is 6.92 Å². The molecule has 0 unspecified atom stereocenters. The van der Waals surface area contributed by atoms with Gasteiger partial charge in [0.05, 0.1) is 0 Å². The van der Waals surface area contributed by atoms with E-state index in [1.165, 1.54) is 0 Å². The van der Waals surface area contributed by atoms with E-state index in [0.29, 0.717) is 0 Å². The second-order valence-electron chi connectivity index (χ2n) is 1.66. The molecule has 1 heterocycles. The molecule has 3 heteroatoms. The fourth-order valence-electron chi connectivity index (χ4n) is 0.577. The molecule has 3 nitrogen and oxygen atoms in total. The number of aromatic nitrogens is 3. The van der Waals surface area contributed by atoms with Gasteiger partial charge in [-0.3, -0.25) is 4.68 Å². The first-order valence-corrected chi connectivity index (χ1v) is 2.76. The van der Waals surface area contributed by atoms with E-state index in [2.05, 4.69) is 17.0 Å². The van der Waals surface area contributed by atoms with Crippen molar-refractivity contribution in [1.82, 2.24) is 14.8 Å². The van der Waals surface area contributed by atoms with E-state index in [-0.39, 0.29) is 0 Å². The van der Waals surface area contributed by atoms with Crippen LogP contribution in [-0.2, 0) is 6.54 Å². The predicted molar refractivity (Wildman–Crippen MR) is 30.3 cm³/mol. The molecule has 1 aromatic rings. The van der Waals surface area contributed by atoms with Gasteiger partial charge >= 0.3 is 0 Å². The van der Waals surface area contributed by atoms with E-state index in [1.807, 2.05) is 4.68 Å². The van der Waals surface area contributed by atoms with Crippen LogP contribution < -0.4 is 0 Å². The number of rotatable bonds is 2. The first-order chi connectivity index (χ1) is 3.93. The molecule has 8 heavy (non-hydrogen) atoms. The van der Waals surface area contributed by atoms with Gasteiger partial charge in [-0.05, 0) is 6.42 Å². The lowest BCUT2D eigenvalue weighted by Crippen LogP contribution is -1.95. The average molecular weight is 111 g/mol. The molecule has 0 aliphatic heterocycles. The van der Waals surface area contributed by atoms with Gasteiger partial charge in [0.15, 0.2) is 0 Å². The molecule has 0 N–H and O–H groups in total. The third-order valence-electron chi connectivity index (χ3n) is 0.919. The third-order valence-corrected chi connectivity index (χ3v) is 0.919. The zero-order chi connectivity index (χ0) is 5.82. The Morgan fingerprint density at radius 3 is 3.00 bits per heavy atom. The summed E-state index contributed by atoms with van der Waals surface area (Å²) in [5.41, 5.74) is 0. The van der Waals surface area contributed by atoms with Crippen LogP contribution in [0.3, 0.4) is 0 Å². The van der Waals surface area contributed by atoms with Gasteiger partial charge in [-0.2, -0.15) is 5.10 Å². The lowest BCUT2D eigenvalue weighted by molar-refractivity contribution is 0.601. The molecule has 0 amide bonds. The Hall–Kier alpha value is -0.860. The summed E-state index contributed by atoms with van der Waals surface area (Å²) >= 11 is 0. The standard InChI is InChI=1S/C5H9N3/c1-2-3-8-5-6-4-7-8/h4-5H,2-3H2,1H3. The molecule has 44 valence electrons. The van der Waals surface area contributed by atoms with Crippen molar-refractivity contribution in [1.29, 1.82) is 0 Å². The van der Waals surface area contributed by atoms with Crippen molar-refractivity contribution < 1.29 is 0 Å². The van der Waals surface area contributed by atoms with Crippen LogP contribution in [0.1, 0.15) is 13.3 Å². The molecule has 0 aliphatic rings. The summed E-state index contributed by atoms with van der Waals surface area (Å²) in [5, 5.41) is 3.91. The van der Waals surface area contributed by atoms with Gasteiger partial charge in [0, 0.05) is 6.54 Å². The van der Waals surface area contributed by atoms with Crippen LogP contribution in [0.25, 0.3) is 0 Å². The van der Waals surface area contributed by atoms with Crippen molar-refractivity contribution in [3.8, 4) is 0 Å². The maximum Gasteiger partial charge on any atom is 0.137 e. The monoisotopic (exact) mass is 111 g/mol. The van der Waals surface area contributed by atoms with Crippen molar-refractivity contribution in [2.75, 3.05) is 0 Å². The zero-order valence-corrected chi connectivity index (χ0v) is 4.91. The quantitative estimate of drug-likeness (QED) is 0.562. The van der Waals surface area contributed by atoms with Crippen LogP contribution in [0.15, 0.2) is 12.7 Å². The Balaban J connectivity index is 2.50. The highest BCUT2D eigenvalue weighted by molar-refractivity contribution is 4.54. The predicted octanol–water partition coefficient (Wildman–Crippen LogP) is 0.688. The summed E-state index contributed by atoms with van der Waals surface area (Å²) in [6, 6.07) is 0. The second-order valence-corrected chi connectivity index (χ2v) is 1.66. The number of aryl methyl sites for hydroxylation is 1. The lowest BCUT2D eigenvalue weighted by atomic mass is 10.5. The van der Waals surface area contributed by atoms with Crippen LogP contribution >= 0.6 is 0 Å². The molecule has 0 spiro atoms. The molecule has 0 aliphatic carbocycles. The van der Waals surface area contributed by atoms with Gasteiger partial charge in [0.2, 0.25) is 0 Å². The lowest BCUT2D eigenvalue weighted by Gasteiger charge is -1.91. The molecule has 0 radical (unpaired) electrons. The van der Waals surface area contributed by atoms with Crippen molar-refractivity contribution in [2.24, 2.45) is 0 Å². The SMILES string of the molecule is CCCn1cncn1. The van der Waals surface area contributed by atoms with Crippen molar-refractivity contribution in [2.45, 2.75) is 19.9 Å². The van der Waals surface area contributed by atoms with Gasteiger partial charge in [0.25, 0.3) is 0 Å². The van der Waals surface area contributed by atoms with Crippen molar-refractivity contribution in [3.63, 3.8) is 0 Å².